The Labute approximate surface area is 136 Å². The van der Waals surface area contributed by atoms with E-state index in [2.05, 4.69) is 5.32 Å². The molecule has 126 valence electrons. The van der Waals surface area contributed by atoms with Gasteiger partial charge in [-0.1, -0.05) is 19.8 Å². The van der Waals surface area contributed by atoms with Crippen LogP contribution < -0.4 is 5.32 Å². The van der Waals surface area contributed by atoms with Crippen LogP contribution in [0.3, 0.4) is 0 Å². The van der Waals surface area contributed by atoms with Gasteiger partial charge in [-0.3, -0.25) is 9.59 Å². The summed E-state index contributed by atoms with van der Waals surface area (Å²) in [5.41, 5.74) is 0. The van der Waals surface area contributed by atoms with Gasteiger partial charge in [0.25, 0.3) is 0 Å². The van der Waals surface area contributed by atoms with Crippen LogP contribution in [0.2, 0.25) is 0 Å². The number of sulfone groups is 1. The maximum atomic E-state index is 12.5. The van der Waals surface area contributed by atoms with Crippen LogP contribution >= 0.6 is 11.8 Å². The molecule has 0 aromatic rings. The highest BCUT2D eigenvalue weighted by Crippen LogP contribution is 2.30. The smallest absolute Gasteiger partial charge is 0.243 e. The summed E-state index contributed by atoms with van der Waals surface area (Å²) in [4.78, 5) is 26.4. The number of nitrogens with zero attached hydrogens (tertiary/aromatic N) is 1. The Balaban J connectivity index is 1.86. The van der Waals surface area contributed by atoms with Gasteiger partial charge in [-0.05, 0) is 12.8 Å². The molecule has 0 bridgehead atoms. The molecule has 0 radical (unpaired) electrons. The molecular weight excluding hydrogens is 324 g/mol. The van der Waals surface area contributed by atoms with E-state index in [4.69, 9.17) is 0 Å². The van der Waals surface area contributed by atoms with E-state index < -0.39 is 15.9 Å². The van der Waals surface area contributed by atoms with Crippen LogP contribution in [0.25, 0.3) is 0 Å². The van der Waals surface area contributed by atoms with Gasteiger partial charge in [-0.25, -0.2) is 8.42 Å². The first-order valence-corrected chi connectivity index (χ1v) is 10.8. The van der Waals surface area contributed by atoms with Crippen molar-refractivity contribution in [1.82, 2.24) is 10.2 Å². The highest BCUT2D eigenvalue weighted by molar-refractivity contribution is 7.99. The van der Waals surface area contributed by atoms with E-state index in [-0.39, 0.29) is 35.8 Å². The van der Waals surface area contributed by atoms with Crippen molar-refractivity contribution in [2.24, 2.45) is 5.92 Å². The molecule has 1 saturated carbocycles. The summed E-state index contributed by atoms with van der Waals surface area (Å²) in [5.74, 6) is 1.09. The van der Waals surface area contributed by atoms with E-state index in [1.165, 1.54) is 0 Å². The molecule has 0 spiro atoms. The maximum absolute atomic E-state index is 12.5. The third-order valence-corrected chi connectivity index (χ3v) is 7.04. The summed E-state index contributed by atoms with van der Waals surface area (Å²) in [5, 5.41) is 2.67. The highest BCUT2D eigenvalue weighted by Gasteiger charge is 2.38. The van der Waals surface area contributed by atoms with Gasteiger partial charge in [0.05, 0.1) is 11.6 Å². The second-order valence-electron chi connectivity index (χ2n) is 5.83. The summed E-state index contributed by atoms with van der Waals surface area (Å²) in [6, 6.07) is -0.456. The molecule has 1 saturated heterocycles. The van der Waals surface area contributed by atoms with E-state index in [1.54, 1.807) is 23.6 Å². The van der Waals surface area contributed by atoms with Crippen molar-refractivity contribution < 1.29 is 18.0 Å². The molecule has 1 aliphatic carbocycles. The van der Waals surface area contributed by atoms with Crippen molar-refractivity contribution in [2.75, 3.05) is 29.7 Å². The first kappa shape index (κ1) is 17.6. The Hall–Kier alpha value is -0.760. The molecule has 2 amide bonds. The quantitative estimate of drug-likeness (QED) is 0.761. The molecule has 22 heavy (non-hydrogen) atoms. The zero-order valence-electron chi connectivity index (χ0n) is 12.9. The van der Waals surface area contributed by atoms with Gasteiger partial charge >= 0.3 is 0 Å². The third kappa shape index (κ3) is 4.38. The number of rotatable bonds is 6. The average Bonchev–Trinajstić information content (AvgIpc) is 3.17. The number of hydrogen-bond acceptors (Lipinski definition) is 5. The van der Waals surface area contributed by atoms with Crippen LogP contribution in [0, 0.1) is 5.92 Å². The molecule has 2 fully saturated rings. The Morgan fingerprint density at radius 2 is 1.95 bits per heavy atom. The van der Waals surface area contributed by atoms with Gasteiger partial charge in [0.1, 0.15) is 6.04 Å². The second-order valence-corrected chi connectivity index (χ2v) is 9.31. The molecule has 8 heteroatoms. The molecule has 1 atom stereocenters. The van der Waals surface area contributed by atoms with Crippen LogP contribution in [0.4, 0.5) is 0 Å². The zero-order chi connectivity index (χ0) is 16.2. The summed E-state index contributed by atoms with van der Waals surface area (Å²) in [7, 11) is -3.08. The fourth-order valence-electron chi connectivity index (χ4n) is 2.88. The first-order valence-electron chi connectivity index (χ1n) is 7.81. The monoisotopic (exact) mass is 348 g/mol. The van der Waals surface area contributed by atoms with E-state index in [0.29, 0.717) is 11.6 Å². The average molecular weight is 348 g/mol. The molecule has 2 rings (SSSR count). The first-order chi connectivity index (χ1) is 10.4. The van der Waals surface area contributed by atoms with Gasteiger partial charge < -0.3 is 10.2 Å². The van der Waals surface area contributed by atoms with Crippen molar-refractivity contribution in [3.05, 3.63) is 0 Å². The molecule has 1 unspecified atom stereocenters. The van der Waals surface area contributed by atoms with Gasteiger partial charge in [0.15, 0.2) is 9.84 Å². The topological polar surface area (TPSA) is 83.6 Å². The molecule has 1 aliphatic heterocycles. The number of carbonyl (C=O) groups excluding carboxylic acids is 2. The Morgan fingerprint density at radius 1 is 1.27 bits per heavy atom. The number of hydrogen-bond donors (Lipinski definition) is 1. The lowest BCUT2D eigenvalue weighted by Crippen LogP contribution is -2.49. The second kappa shape index (κ2) is 7.68. The van der Waals surface area contributed by atoms with Gasteiger partial charge in [-0.2, -0.15) is 0 Å². The minimum absolute atomic E-state index is 0.0499. The highest BCUT2D eigenvalue weighted by atomic mass is 32.2. The van der Waals surface area contributed by atoms with Crippen molar-refractivity contribution in [3.8, 4) is 0 Å². The fourth-order valence-corrected chi connectivity index (χ4v) is 4.74. The summed E-state index contributed by atoms with van der Waals surface area (Å²) in [6.07, 6.45) is 4.01. The summed E-state index contributed by atoms with van der Waals surface area (Å²) >= 11 is 1.58. The van der Waals surface area contributed by atoms with E-state index in [9.17, 15) is 18.0 Å². The minimum Gasteiger partial charge on any atom is -0.353 e. The Kier molecular flexibility index (Phi) is 6.14. The molecule has 1 heterocycles. The van der Waals surface area contributed by atoms with Gasteiger partial charge in [0.2, 0.25) is 11.8 Å². The molecule has 0 aromatic heterocycles. The van der Waals surface area contributed by atoms with Crippen molar-refractivity contribution in [1.29, 1.82) is 0 Å². The lowest BCUT2D eigenvalue weighted by molar-refractivity contribution is -0.141. The van der Waals surface area contributed by atoms with Crippen LogP contribution in [0.5, 0.6) is 0 Å². The molecule has 2 aliphatic rings. The Morgan fingerprint density at radius 3 is 2.59 bits per heavy atom. The van der Waals surface area contributed by atoms with E-state index in [1.807, 2.05) is 0 Å². The summed E-state index contributed by atoms with van der Waals surface area (Å²) < 4.78 is 22.9. The zero-order valence-corrected chi connectivity index (χ0v) is 14.5. The fraction of sp³-hybridized carbons (Fsp3) is 0.857. The number of nitrogens with one attached hydrogen (secondary N) is 1. The van der Waals surface area contributed by atoms with Crippen molar-refractivity contribution in [2.45, 2.75) is 38.6 Å². The SMILES string of the molecule is CCS(=O)(=O)CCNC(=O)C1CSCN1C(=O)C1CCCC1. The predicted molar refractivity (Wildman–Crippen MR) is 87.3 cm³/mol. The number of amides is 2. The van der Waals surface area contributed by atoms with Gasteiger partial charge in [0, 0.05) is 24.0 Å². The standard InChI is InChI=1S/C14H24N2O4S2/c1-2-22(19,20)8-7-15-13(17)12-9-21-10-16(12)14(18)11-5-3-4-6-11/h11-12H,2-10H2,1H3,(H,15,17). The Bertz CT molecular complexity index is 515. The molecule has 6 nitrogen and oxygen atoms in total. The maximum Gasteiger partial charge on any atom is 0.243 e. The molecule has 1 N–H and O–H groups in total. The van der Waals surface area contributed by atoms with Crippen LogP contribution in [-0.4, -0.2) is 60.9 Å². The summed E-state index contributed by atoms with van der Waals surface area (Å²) in [6.45, 7) is 1.70. The third-order valence-electron chi connectivity index (χ3n) is 4.32. The van der Waals surface area contributed by atoms with Crippen LogP contribution in [0.15, 0.2) is 0 Å². The van der Waals surface area contributed by atoms with Crippen molar-refractivity contribution >= 4 is 33.4 Å². The van der Waals surface area contributed by atoms with E-state index >= 15 is 0 Å². The largest absolute Gasteiger partial charge is 0.353 e. The molecular formula is C14H24N2O4S2. The lowest BCUT2D eigenvalue weighted by atomic mass is 10.1. The number of thioether (sulfide) groups is 1. The lowest BCUT2D eigenvalue weighted by Gasteiger charge is -2.25. The van der Waals surface area contributed by atoms with Crippen molar-refractivity contribution in [3.63, 3.8) is 0 Å². The predicted octanol–water partition coefficient (Wildman–Crippen LogP) is 0.629. The van der Waals surface area contributed by atoms with Crippen LogP contribution in [0.1, 0.15) is 32.6 Å². The number of carbonyl (C=O) groups is 2. The normalized spacial score (nSPS) is 23.0. The van der Waals surface area contributed by atoms with E-state index in [0.717, 1.165) is 25.7 Å². The van der Waals surface area contributed by atoms with Gasteiger partial charge in [-0.15, -0.1) is 11.8 Å². The minimum atomic E-state index is -3.08. The molecule has 0 aromatic carbocycles. The van der Waals surface area contributed by atoms with Crippen LogP contribution in [-0.2, 0) is 19.4 Å².